The molecule has 1 saturated heterocycles. The molecule has 0 bridgehead atoms. The van der Waals surface area contributed by atoms with Crippen molar-refractivity contribution in [3.8, 4) is 17.6 Å². The fourth-order valence-electron chi connectivity index (χ4n) is 2.86. The molecule has 0 spiro atoms. The Bertz CT molecular complexity index is 981. The molecule has 1 aliphatic heterocycles. The van der Waals surface area contributed by atoms with Gasteiger partial charge in [-0.1, -0.05) is 24.3 Å². The van der Waals surface area contributed by atoms with Gasteiger partial charge in [-0.05, 0) is 49.6 Å². The summed E-state index contributed by atoms with van der Waals surface area (Å²) in [5, 5.41) is 13.9. The van der Waals surface area contributed by atoms with Gasteiger partial charge in [-0.3, -0.25) is 10.1 Å². The first-order valence-electron chi connectivity index (χ1n) is 8.95. The van der Waals surface area contributed by atoms with E-state index in [0.717, 1.165) is 5.56 Å². The highest BCUT2D eigenvalue weighted by Crippen LogP contribution is 2.20. The highest BCUT2D eigenvalue weighted by atomic mass is 16.6. The number of ether oxygens (including phenoxy) is 2. The van der Waals surface area contributed by atoms with E-state index in [0.29, 0.717) is 29.9 Å². The predicted molar refractivity (Wildman–Crippen MR) is 102 cm³/mol. The maximum atomic E-state index is 12.0. The van der Waals surface area contributed by atoms with Crippen molar-refractivity contribution >= 4 is 17.9 Å². The van der Waals surface area contributed by atoms with E-state index in [1.807, 2.05) is 6.07 Å². The number of rotatable bonds is 7. The van der Waals surface area contributed by atoms with Crippen molar-refractivity contribution in [2.45, 2.75) is 25.3 Å². The van der Waals surface area contributed by atoms with E-state index in [2.05, 4.69) is 10.6 Å². The van der Waals surface area contributed by atoms with Crippen LogP contribution in [0.15, 0.2) is 48.5 Å². The Kier molecular flexibility index (Phi) is 5.79. The molecule has 148 valence electrons. The number of esters is 1. The number of hydrogen-bond donors (Lipinski definition) is 2. The van der Waals surface area contributed by atoms with E-state index in [1.165, 1.54) is 0 Å². The zero-order valence-corrected chi connectivity index (χ0v) is 15.7. The zero-order valence-electron chi connectivity index (χ0n) is 15.7. The van der Waals surface area contributed by atoms with Gasteiger partial charge in [0, 0.05) is 0 Å². The van der Waals surface area contributed by atoms with Crippen LogP contribution in [0.3, 0.4) is 0 Å². The summed E-state index contributed by atoms with van der Waals surface area (Å²) in [7, 11) is 0. The molecule has 3 rings (SSSR count). The number of nitrogens with one attached hydrogen (secondary N) is 2. The molecule has 8 heteroatoms. The van der Waals surface area contributed by atoms with Gasteiger partial charge in [-0.2, -0.15) is 5.26 Å². The summed E-state index contributed by atoms with van der Waals surface area (Å²) in [6, 6.07) is 15.0. The minimum atomic E-state index is -0.931. The molecule has 29 heavy (non-hydrogen) atoms. The summed E-state index contributed by atoms with van der Waals surface area (Å²) in [5.74, 6) is -0.262. The molecule has 1 aliphatic rings. The Labute approximate surface area is 167 Å². The number of hydrogen-bond acceptors (Lipinski definition) is 6. The van der Waals surface area contributed by atoms with E-state index < -0.39 is 17.5 Å². The van der Waals surface area contributed by atoms with E-state index >= 15 is 0 Å². The third-order valence-electron chi connectivity index (χ3n) is 4.54. The Morgan fingerprint density at radius 3 is 2.52 bits per heavy atom. The number of imide groups is 1. The van der Waals surface area contributed by atoms with Crippen LogP contribution >= 0.6 is 0 Å². The van der Waals surface area contributed by atoms with E-state index in [9.17, 15) is 14.4 Å². The number of aryl methyl sites for hydroxylation is 1. The molecule has 0 saturated carbocycles. The summed E-state index contributed by atoms with van der Waals surface area (Å²) in [6.07, 6.45) is 1.00. The smallest absolute Gasteiger partial charge is 0.349 e. The molecule has 2 N–H and O–H groups in total. The number of urea groups is 1. The molecule has 2 aromatic carbocycles. The first-order valence-corrected chi connectivity index (χ1v) is 8.95. The Morgan fingerprint density at radius 2 is 1.86 bits per heavy atom. The van der Waals surface area contributed by atoms with Crippen LogP contribution in [0.1, 0.15) is 24.5 Å². The lowest BCUT2D eigenvalue weighted by Gasteiger charge is -2.20. The van der Waals surface area contributed by atoms with Crippen molar-refractivity contribution in [3.05, 3.63) is 59.7 Å². The summed E-state index contributed by atoms with van der Waals surface area (Å²) in [5.41, 5.74) is 0.337. The van der Waals surface area contributed by atoms with Crippen LogP contribution in [0.25, 0.3) is 0 Å². The second kappa shape index (κ2) is 8.44. The second-order valence-electron chi connectivity index (χ2n) is 6.76. The van der Waals surface area contributed by atoms with Gasteiger partial charge in [0.05, 0.1) is 5.56 Å². The average molecular weight is 393 g/mol. The largest absolute Gasteiger partial charge is 0.481 e. The van der Waals surface area contributed by atoms with Crippen LogP contribution in [0, 0.1) is 11.3 Å². The van der Waals surface area contributed by atoms with Gasteiger partial charge in [-0.25, -0.2) is 9.59 Å². The number of nitrogens with zero attached hydrogens (tertiary/aromatic N) is 1. The van der Waals surface area contributed by atoms with Crippen molar-refractivity contribution in [2.75, 3.05) is 6.61 Å². The Balaban J connectivity index is 1.50. The molecular formula is C21H19N3O5. The van der Waals surface area contributed by atoms with Gasteiger partial charge >= 0.3 is 12.0 Å². The molecule has 2 aromatic rings. The van der Waals surface area contributed by atoms with Crippen LogP contribution in [0.2, 0.25) is 0 Å². The van der Waals surface area contributed by atoms with Crippen LogP contribution in [-0.4, -0.2) is 30.1 Å². The van der Waals surface area contributed by atoms with Gasteiger partial charge in [-0.15, -0.1) is 0 Å². The maximum Gasteiger partial charge on any atom is 0.349 e. The zero-order chi connectivity index (χ0) is 20.9. The van der Waals surface area contributed by atoms with E-state index in [-0.39, 0.29) is 12.5 Å². The average Bonchev–Trinajstić information content (AvgIpc) is 2.97. The summed E-state index contributed by atoms with van der Waals surface area (Å²) in [6.45, 7) is 1.35. The second-order valence-corrected chi connectivity index (χ2v) is 6.76. The van der Waals surface area contributed by atoms with Crippen molar-refractivity contribution < 1.29 is 23.9 Å². The summed E-state index contributed by atoms with van der Waals surface area (Å²) < 4.78 is 10.6. The molecule has 1 atom stereocenters. The van der Waals surface area contributed by atoms with Gasteiger partial charge in [0.2, 0.25) is 0 Å². The number of nitriles is 1. The van der Waals surface area contributed by atoms with E-state index in [4.69, 9.17) is 14.7 Å². The molecule has 0 unspecified atom stereocenters. The predicted octanol–water partition coefficient (Wildman–Crippen LogP) is 2.07. The standard InChI is InChI=1S/C21H19N3O5/c1-21(19(26)23-20(27)24-21)11-10-14-6-8-16(9-7-14)29-18(25)13-28-17-5-3-2-4-15(17)12-22/h2-9H,10-11,13H2,1H3,(H2,23,24,26,27)/t21-/m0/s1. The first kappa shape index (κ1) is 19.9. The van der Waals surface area contributed by atoms with Gasteiger partial charge < -0.3 is 14.8 Å². The lowest BCUT2D eigenvalue weighted by molar-refractivity contribution is -0.136. The molecule has 3 amide bonds. The number of para-hydroxylation sites is 1. The molecule has 1 heterocycles. The minimum Gasteiger partial charge on any atom is -0.481 e. The number of benzene rings is 2. The summed E-state index contributed by atoms with van der Waals surface area (Å²) in [4.78, 5) is 35.1. The van der Waals surface area contributed by atoms with Gasteiger partial charge in [0.1, 0.15) is 23.1 Å². The highest BCUT2D eigenvalue weighted by molar-refractivity contribution is 6.06. The normalized spacial score (nSPS) is 17.8. The van der Waals surface area contributed by atoms with Crippen LogP contribution in [0.4, 0.5) is 4.79 Å². The first-order chi connectivity index (χ1) is 13.9. The molecule has 8 nitrogen and oxygen atoms in total. The van der Waals surface area contributed by atoms with Gasteiger partial charge in [0.25, 0.3) is 5.91 Å². The molecule has 0 radical (unpaired) electrons. The Hall–Kier alpha value is -3.86. The monoisotopic (exact) mass is 393 g/mol. The number of amides is 3. The number of carbonyl (C=O) groups excluding carboxylic acids is 3. The van der Waals surface area contributed by atoms with Crippen molar-refractivity contribution in [1.82, 2.24) is 10.6 Å². The molecule has 0 aromatic heterocycles. The van der Waals surface area contributed by atoms with Crippen LogP contribution < -0.4 is 20.1 Å². The van der Waals surface area contributed by atoms with E-state index in [1.54, 1.807) is 55.5 Å². The fraction of sp³-hybridized carbons (Fsp3) is 0.238. The van der Waals surface area contributed by atoms with Crippen LogP contribution in [0.5, 0.6) is 11.5 Å². The quantitative estimate of drug-likeness (QED) is 0.422. The lowest BCUT2D eigenvalue weighted by atomic mass is 9.93. The maximum absolute atomic E-state index is 12.0. The summed E-state index contributed by atoms with van der Waals surface area (Å²) >= 11 is 0. The van der Waals surface area contributed by atoms with Crippen molar-refractivity contribution in [1.29, 1.82) is 5.26 Å². The third kappa shape index (κ3) is 4.90. The minimum absolute atomic E-state index is 0.318. The highest BCUT2D eigenvalue weighted by Gasteiger charge is 2.41. The third-order valence-corrected chi connectivity index (χ3v) is 4.54. The topological polar surface area (TPSA) is 118 Å². The van der Waals surface area contributed by atoms with Gasteiger partial charge in [0.15, 0.2) is 6.61 Å². The molecular weight excluding hydrogens is 374 g/mol. The Morgan fingerprint density at radius 1 is 1.14 bits per heavy atom. The van der Waals surface area contributed by atoms with Crippen LogP contribution in [-0.2, 0) is 16.0 Å². The lowest BCUT2D eigenvalue weighted by Crippen LogP contribution is -2.43. The van der Waals surface area contributed by atoms with Crippen molar-refractivity contribution in [2.24, 2.45) is 0 Å². The fourth-order valence-corrected chi connectivity index (χ4v) is 2.86. The molecule has 0 aliphatic carbocycles. The molecule has 1 fully saturated rings. The number of carbonyl (C=O) groups is 3. The van der Waals surface area contributed by atoms with Crippen molar-refractivity contribution in [3.63, 3.8) is 0 Å². The SMILES string of the molecule is C[C@@]1(CCc2ccc(OC(=O)COc3ccccc3C#N)cc2)NC(=O)NC1=O.